The van der Waals surface area contributed by atoms with Gasteiger partial charge in [0.25, 0.3) is 0 Å². The first-order valence-corrected chi connectivity index (χ1v) is 17.4. The van der Waals surface area contributed by atoms with Crippen molar-refractivity contribution in [3.63, 3.8) is 0 Å². The molecule has 2 amide bonds. The van der Waals surface area contributed by atoms with E-state index in [2.05, 4.69) is 5.32 Å². The van der Waals surface area contributed by atoms with Crippen LogP contribution in [0.1, 0.15) is 56.1 Å². The number of hydrogen-bond donors (Lipinski definition) is 1. The second-order valence-corrected chi connectivity index (χ2v) is 14.0. The molecule has 11 heteroatoms. The van der Waals surface area contributed by atoms with Gasteiger partial charge < -0.3 is 10.2 Å². The van der Waals surface area contributed by atoms with Gasteiger partial charge in [0.1, 0.15) is 11.9 Å². The SMILES string of the molecule is CS(=O)(=O)N(CCCC(=O)N(Cc1ccc(Cl)c(Cl)c1)[C@H](Cc1ccccc1)C(=O)NC1CCCCC1)c1ccc(F)cc1. The lowest BCUT2D eigenvalue weighted by atomic mass is 9.94. The number of benzene rings is 3. The molecule has 1 saturated carbocycles. The fourth-order valence-corrected chi connectivity index (χ4v) is 6.83. The molecule has 0 aliphatic heterocycles. The molecule has 0 spiro atoms. The molecule has 7 nitrogen and oxygen atoms in total. The number of nitrogens with one attached hydrogen (secondary N) is 1. The normalized spacial score (nSPS) is 14.5. The summed E-state index contributed by atoms with van der Waals surface area (Å²) in [4.78, 5) is 29.5. The predicted molar refractivity (Wildman–Crippen MR) is 174 cm³/mol. The third kappa shape index (κ3) is 9.68. The summed E-state index contributed by atoms with van der Waals surface area (Å²) in [6.45, 7) is 0.119. The third-order valence-electron chi connectivity index (χ3n) is 7.83. The van der Waals surface area contributed by atoms with Crippen molar-refractivity contribution in [1.29, 1.82) is 0 Å². The van der Waals surface area contributed by atoms with Crippen LogP contribution in [0.3, 0.4) is 0 Å². The van der Waals surface area contributed by atoms with E-state index in [9.17, 15) is 22.4 Å². The summed E-state index contributed by atoms with van der Waals surface area (Å²) in [5, 5.41) is 3.92. The Hall–Kier alpha value is -3.14. The largest absolute Gasteiger partial charge is 0.352 e. The summed E-state index contributed by atoms with van der Waals surface area (Å²) in [7, 11) is -3.70. The van der Waals surface area contributed by atoms with E-state index >= 15 is 0 Å². The molecule has 1 fully saturated rings. The average Bonchev–Trinajstić information content (AvgIpc) is 3.00. The van der Waals surface area contributed by atoms with Crippen LogP contribution in [0, 0.1) is 5.82 Å². The lowest BCUT2D eigenvalue weighted by molar-refractivity contribution is -0.141. The third-order valence-corrected chi connectivity index (χ3v) is 9.76. The van der Waals surface area contributed by atoms with E-state index in [0.29, 0.717) is 27.7 Å². The van der Waals surface area contributed by atoms with Crippen LogP contribution in [0.15, 0.2) is 72.8 Å². The Bertz CT molecular complexity index is 1520. The number of amides is 2. The first kappa shape index (κ1) is 33.7. The molecule has 44 heavy (non-hydrogen) atoms. The number of halogens is 3. The highest BCUT2D eigenvalue weighted by molar-refractivity contribution is 7.92. The van der Waals surface area contributed by atoms with Gasteiger partial charge in [0.05, 0.1) is 22.0 Å². The van der Waals surface area contributed by atoms with Crippen LogP contribution in [-0.2, 0) is 32.6 Å². The average molecular weight is 663 g/mol. The van der Waals surface area contributed by atoms with Crippen LogP contribution >= 0.6 is 23.2 Å². The van der Waals surface area contributed by atoms with Gasteiger partial charge in [-0.3, -0.25) is 13.9 Å². The molecule has 0 saturated heterocycles. The van der Waals surface area contributed by atoms with Crippen LogP contribution in [-0.4, -0.2) is 50.0 Å². The number of sulfonamides is 1. The van der Waals surface area contributed by atoms with Gasteiger partial charge in [0, 0.05) is 32.0 Å². The van der Waals surface area contributed by atoms with Crippen molar-refractivity contribution in [2.24, 2.45) is 0 Å². The number of rotatable bonds is 13. The molecule has 4 rings (SSSR count). The van der Waals surface area contributed by atoms with Crippen LogP contribution in [0.25, 0.3) is 0 Å². The van der Waals surface area contributed by atoms with E-state index in [0.717, 1.165) is 48.2 Å². The summed E-state index contributed by atoms with van der Waals surface area (Å²) in [6.07, 6.45) is 6.57. The fourth-order valence-electron chi connectivity index (χ4n) is 5.54. The van der Waals surface area contributed by atoms with Gasteiger partial charge in [-0.15, -0.1) is 0 Å². The Balaban J connectivity index is 1.60. The Morgan fingerprint density at radius 3 is 2.25 bits per heavy atom. The number of nitrogens with zero attached hydrogens (tertiary/aromatic N) is 2. The summed E-state index contributed by atoms with van der Waals surface area (Å²) in [6, 6.07) is 19.0. The minimum atomic E-state index is -3.70. The Morgan fingerprint density at radius 1 is 0.932 bits per heavy atom. The van der Waals surface area contributed by atoms with Crippen molar-refractivity contribution in [2.75, 3.05) is 17.1 Å². The minimum Gasteiger partial charge on any atom is -0.352 e. The molecule has 0 bridgehead atoms. The zero-order chi connectivity index (χ0) is 31.7. The quantitative estimate of drug-likeness (QED) is 0.219. The van der Waals surface area contributed by atoms with E-state index in [4.69, 9.17) is 23.2 Å². The second-order valence-electron chi connectivity index (χ2n) is 11.2. The maximum absolute atomic E-state index is 14.0. The highest BCUT2D eigenvalue weighted by atomic mass is 35.5. The molecule has 236 valence electrons. The summed E-state index contributed by atoms with van der Waals surface area (Å²) in [5.41, 5.74) is 1.92. The number of carbonyl (C=O) groups excluding carboxylic acids is 2. The summed E-state index contributed by atoms with van der Waals surface area (Å²) >= 11 is 12.5. The van der Waals surface area contributed by atoms with Crippen molar-refractivity contribution in [3.8, 4) is 0 Å². The maximum Gasteiger partial charge on any atom is 0.243 e. The molecule has 3 aromatic rings. The van der Waals surface area contributed by atoms with Crippen LogP contribution in [0.2, 0.25) is 10.0 Å². The van der Waals surface area contributed by atoms with E-state index < -0.39 is 21.9 Å². The zero-order valence-electron chi connectivity index (χ0n) is 24.7. The predicted octanol–water partition coefficient (Wildman–Crippen LogP) is 6.77. The summed E-state index contributed by atoms with van der Waals surface area (Å²) in [5.74, 6) is -1.01. The van der Waals surface area contributed by atoms with Crippen molar-refractivity contribution in [2.45, 2.75) is 70.0 Å². The molecule has 1 atom stereocenters. The topological polar surface area (TPSA) is 86.8 Å². The molecule has 0 aromatic heterocycles. The first-order valence-electron chi connectivity index (χ1n) is 14.8. The van der Waals surface area contributed by atoms with Crippen molar-refractivity contribution < 1.29 is 22.4 Å². The molecule has 1 aliphatic rings. The zero-order valence-corrected chi connectivity index (χ0v) is 27.1. The second kappa shape index (κ2) is 15.7. The van der Waals surface area contributed by atoms with Gasteiger partial charge in [-0.25, -0.2) is 12.8 Å². The van der Waals surface area contributed by atoms with Gasteiger partial charge in [-0.1, -0.05) is 78.9 Å². The van der Waals surface area contributed by atoms with E-state index in [1.807, 2.05) is 30.3 Å². The molecule has 0 unspecified atom stereocenters. The highest BCUT2D eigenvalue weighted by Gasteiger charge is 2.32. The Labute approximate surface area is 269 Å². The smallest absolute Gasteiger partial charge is 0.243 e. The molecule has 1 N–H and O–H groups in total. The van der Waals surface area contributed by atoms with Crippen molar-refractivity contribution in [1.82, 2.24) is 10.2 Å². The van der Waals surface area contributed by atoms with Crippen molar-refractivity contribution in [3.05, 3.63) is 99.8 Å². The van der Waals surface area contributed by atoms with E-state index in [-0.39, 0.29) is 43.8 Å². The number of carbonyl (C=O) groups is 2. The molecule has 0 radical (unpaired) electrons. The molecule has 1 aliphatic carbocycles. The lowest BCUT2D eigenvalue weighted by Crippen LogP contribution is -2.52. The highest BCUT2D eigenvalue weighted by Crippen LogP contribution is 2.26. The Kier molecular flexibility index (Phi) is 12.1. The Morgan fingerprint density at radius 2 is 1.61 bits per heavy atom. The summed E-state index contributed by atoms with van der Waals surface area (Å²) < 4.78 is 39.8. The van der Waals surface area contributed by atoms with Crippen LogP contribution in [0.5, 0.6) is 0 Å². The van der Waals surface area contributed by atoms with Crippen LogP contribution in [0.4, 0.5) is 10.1 Å². The van der Waals surface area contributed by atoms with Gasteiger partial charge >= 0.3 is 0 Å². The first-order chi connectivity index (χ1) is 21.0. The van der Waals surface area contributed by atoms with Gasteiger partial charge in [-0.05, 0) is 66.8 Å². The number of anilines is 1. The molecule has 0 heterocycles. The van der Waals surface area contributed by atoms with Gasteiger partial charge in [0.2, 0.25) is 21.8 Å². The standard InChI is InChI=1S/C33H38Cl2FN3O4S/c1-44(42,43)39(28-17-15-26(36)16-18-28)20-8-13-32(40)38(23-25-14-19-29(34)30(35)21-25)31(22-24-9-4-2-5-10-24)33(41)37-27-11-6-3-7-12-27/h2,4-5,9-10,14-19,21,27,31H,3,6-8,11-13,20,22-23H2,1H3,(H,37,41)/t31-/m1/s1. The van der Waals surface area contributed by atoms with E-state index in [1.165, 1.54) is 24.3 Å². The van der Waals surface area contributed by atoms with E-state index in [1.54, 1.807) is 23.1 Å². The van der Waals surface area contributed by atoms with Gasteiger partial charge in [-0.2, -0.15) is 0 Å². The monoisotopic (exact) mass is 661 g/mol. The van der Waals surface area contributed by atoms with Crippen LogP contribution < -0.4 is 9.62 Å². The number of hydrogen-bond acceptors (Lipinski definition) is 4. The maximum atomic E-state index is 14.0. The molecular formula is C33H38Cl2FN3O4S. The fraction of sp³-hybridized carbons (Fsp3) is 0.394. The van der Waals surface area contributed by atoms with Gasteiger partial charge in [0.15, 0.2) is 0 Å². The molecule has 3 aromatic carbocycles. The molecular weight excluding hydrogens is 624 g/mol. The van der Waals surface area contributed by atoms with Crippen molar-refractivity contribution >= 4 is 50.7 Å². The lowest BCUT2D eigenvalue weighted by Gasteiger charge is -2.34. The minimum absolute atomic E-state index is 0.00837.